The average Bonchev–Trinajstić information content (AvgIpc) is 2.40. The Hall–Kier alpha value is -0.770. The van der Waals surface area contributed by atoms with Crippen LogP contribution in [0.5, 0.6) is 5.75 Å². The van der Waals surface area contributed by atoms with E-state index in [0.29, 0.717) is 11.1 Å². The Morgan fingerprint density at radius 2 is 2.33 bits per heavy atom. The van der Waals surface area contributed by atoms with Crippen LogP contribution in [0.2, 0.25) is 5.02 Å². The van der Waals surface area contributed by atoms with Crippen molar-refractivity contribution in [2.45, 2.75) is 25.9 Å². The number of aryl methyl sites for hydroxylation is 2. The van der Waals surface area contributed by atoms with Gasteiger partial charge in [0.05, 0.1) is 24.8 Å². The van der Waals surface area contributed by atoms with Gasteiger partial charge in [0.15, 0.2) is 0 Å². The number of ether oxygens (including phenoxy) is 2. The van der Waals surface area contributed by atoms with Crippen molar-refractivity contribution in [2.24, 2.45) is 0 Å². The molecule has 2 rings (SSSR count). The van der Waals surface area contributed by atoms with Crippen molar-refractivity contribution in [3.8, 4) is 5.75 Å². The van der Waals surface area contributed by atoms with Crippen molar-refractivity contribution in [2.75, 3.05) is 26.8 Å². The van der Waals surface area contributed by atoms with E-state index in [-0.39, 0.29) is 0 Å². The molecule has 1 aliphatic rings. The molecule has 0 bridgehead atoms. The third-order valence-electron chi connectivity index (χ3n) is 3.35. The maximum atomic E-state index is 6.15. The van der Waals surface area contributed by atoms with Crippen molar-refractivity contribution in [1.29, 1.82) is 0 Å². The van der Waals surface area contributed by atoms with Gasteiger partial charge in [-0.05, 0) is 43.0 Å². The Kier molecular flexibility index (Phi) is 4.87. The van der Waals surface area contributed by atoms with Gasteiger partial charge >= 0.3 is 0 Å². The number of nitrogens with one attached hydrogen (secondary N) is 1. The molecule has 1 N–H and O–H groups in total. The van der Waals surface area contributed by atoms with Crippen LogP contribution in [0.1, 0.15) is 17.5 Å². The van der Waals surface area contributed by atoms with E-state index in [1.165, 1.54) is 11.1 Å². The fourth-order valence-corrected chi connectivity index (χ4v) is 2.51. The minimum Gasteiger partial charge on any atom is -0.495 e. The zero-order valence-electron chi connectivity index (χ0n) is 11.0. The third kappa shape index (κ3) is 3.37. The monoisotopic (exact) mass is 269 g/mol. The standard InChI is InChI=1S/C14H20ClNO2/c1-10-7-14(17-2)13(15)8-11(10)3-4-12-9-16-5-6-18-12/h7-8,12,16H,3-6,9H2,1-2H3. The summed E-state index contributed by atoms with van der Waals surface area (Å²) in [6.45, 7) is 4.81. The fraction of sp³-hybridized carbons (Fsp3) is 0.571. The normalized spacial score (nSPS) is 19.8. The van der Waals surface area contributed by atoms with E-state index in [0.717, 1.165) is 38.3 Å². The van der Waals surface area contributed by atoms with Gasteiger partial charge in [-0.1, -0.05) is 11.6 Å². The minimum atomic E-state index is 0.319. The van der Waals surface area contributed by atoms with Crippen LogP contribution in [-0.2, 0) is 11.2 Å². The predicted octanol–water partition coefficient (Wildman–Crippen LogP) is 2.58. The number of hydrogen-bond donors (Lipinski definition) is 1. The first kappa shape index (κ1) is 13.7. The Bertz CT molecular complexity index is 403. The Morgan fingerprint density at radius 3 is 3.00 bits per heavy atom. The second-order valence-corrected chi connectivity index (χ2v) is 5.06. The summed E-state index contributed by atoms with van der Waals surface area (Å²) in [5, 5.41) is 4.03. The number of benzene rings is 1. The average molecular weight is 270 g/mol. The summed E-state index contributed by atoms with van der Waals surface area (Å²) < 4.78 is 10.9. The molecule has 1 aromatic carbocycles. The third-order valence-corrected chi connectivity index (χ3v) is 3.65. The number of rotatable bonds is 4. The van der Waals surface area contributed by atoms with Crippen LogP contribution >= 0.6 is 11.6 Å². The van der Waals surface area contributed by atoms with Crippen LogP contribution in [-0.4, -0.2) is 32.9 Å². The molecule has 1 atom stereocenters. The molecule has 100 valence electrons. The molecule has 0 radical (unpaired) electrons. The Labute approximate surface area is 113 Å². The highest BCUT2D eigenvalue weighted by Crippen LogP contribution is 2.28. The highest BCUT2D eigenvalue weighted by Gasteiger charge is 2.14. The quantitative estimate of drug-likeness (QED) is 0.911. The number of morpholine rings is 1. The van der Waals surface area contributed by atoms with Crippen molar-refractivity contribution in [1.82, 2.24) is 5.32 Å². The molecule has 1 fully saturated rings. The van der Waals surface area contributed by atoms with E-state index in [9.17, 15) is 0 Å². The number of halogens is 1. The van der Waals surface area contributed by atoms with Crippen LogP contribution in [0.3, 0.4) is 0 Å². The van der Waals surface area contributed by atoms with Crippen molar-refractivity contribution < 1.29 is 9.47 Å². The second-order valence-electron chi connectivity index (χ2n) is 4.65. The van der Waals surface area contributed by atoms with Crippen molar-refractivity contribution in [3.63, 3.8) is 0 Å². The lowest BCUT2D eigenvalue weighted by molar-refractivity contribution is 0.0238. The second kappa shape index (κ2) is 6.41. The molecule has 0 saturated carbocycles. The van der Waals surface area contributed by atoms with Gasteiger partial charge in [0.25, 0.3) is 0 Å². The van der Waals surface area contributed by atoms with Crippen LogP contribution < -0.4 is 10.1 Å². The molecule has 1 saturated heterocycles. The summed E-state index contributed by atoms with van der Waals surface area (Å²) in [5.74, 6) is 0.744. The van der Waals surface area contributed by atoms with Crippen molar-refractivity contribution >= 4 is 11.6 Å². The lowest BCUT2D eigenvalue weighted by Gasteiger charge is -2.23. The molecular weight excluding hydrogens is 250 g/mol. The lowest BCUT2D eigenvalue weighted by Crippen LogP contribution is -2.38. The maximum absolute atomic E-state index is 6.15. The van der Waals surface area contributed by atoms with Crippen LogP contribution in [0.25, 0.3) is 0 Å². The smallest absolute Gasteiger partial charge is 0.137 e. The summed E-state index contributed by atoms with van der Waals surface area (Å²) >= 11 is 6.15. The van der Waals surface area contributed by atoms with Gasteiger partial charge in [-0.15, -0.1) is 0 Å². The summed E-state index contributed by atoms with van der Waals surface area (Å²) in [6.07, 6.45) is 2.33. The van der Waals surface area contributed by atoms with E-state index < -0.39 is 0 Å². The highest BCUT2D eigenvalue weighted by molar-refractivity contribution is 6.32. The molecule has 18 heavy (non-hydrogen) atoms. The summed E-state index contributed by atoms with van der Waals surface area (Å²) in [5.41, 5.74) is 2.50. The van der Waals surface area contributed by atoms with Gasteiger partial charge in [0.1, 0.15) is 5.75 Å². The molecule has 0 amide bonds. The van der Waals surface area contributed by atoms with Gasteiger partial charge in [0, 0.05) is 13.1 Å². The highest BCUT2D eigenvalue weighted by atomic mass is 35.5. The van der Waals surface area contributed by atoms with Gasteiger partial charge in [-0.2, -0.15) is 0 Å². The van der Waals surface area contributed by atoms with Gasteiger partial charge in [-0.3, -0.25) is 0 Å². The van der Waals surface area contributed by atoms with Crippen LogP contribution in [0.4, 0.5) is 0 Å². The van der Waals surface area contributed by atoms with Gasteiger partial charge in [-0.25, -0.2) is 0 Å². The van der Waals surface area contributed by atoms with E-state index in [4.69, 9.17) is 21.1 Å². The Balaban J connectivity index is 1.98. The molecule has 3 nitrogen and oxygen atoms in total. The van der Waals surface area contributed by atoms with E-state index in [2.05, 4.69) is 12.2 Å². The SMILES string of the molecule is COc1cc(C)c(CCC2CNCCO2)cc1Cl. The molecule has 0 aliphatic carbocycles. The topological polar surface area (TPSA) is 30.5 Å². The van der Waals surface area contributed by atoms with Crippen molar-refractivity contribution in [3.05, 3.63) is 28.3 Å². The molecule has 1 aliphatic heterocycles. The first-order valence-corrected chi connectivity index (χ1v) is 6.74. The largest absolute Gasteiger partial charge is 0.495 e. The van der Waals surface area contributed by atoms with Crippen LogP contribution in [0, 0.1) is 6.92 Å². The van der Waals surface area contributed by atoms with Crippen LogP contribution in [0.15, 0.2) is 12.1 Å². The molecule has 0 aromatic heterocycles. The zero-order valence-corrected chi connectivity index (χ0v) is 11.7. The first-order valence-electron chi connectivity index (χ1n) is 6.36. The van der Waals surface area contributed by atoms with Gasteiger partial charge < -0.3 is 14.8 Å². The molecule has 0 spiro atoms. The summed E-state index contributed by atoms with van der Waals surface area (Å²) in [7, 11) is 1.64. The number of hydrogen-bond acceptors (Lipinski definition) is 3. The van der Waals surface area contributed by atoms with E-state index in [1.54, 1.807) is 7.11 Å². The minimum absolute atomic E-state index is 0.319. The Morgan fingerprint density at radius 1 is 1.50 bits per heavy atom. The molecule has 1 unspecified atom stereocenters. The van der Waals surface area contributed by atoms with Gasteiger partial charge in [0.2, 0.25) is 0 Å². The maximum Gasteiger partial charge on any atom is 0.137 e. The molecular formula is C14H20ClNO2. The first-order chi connectivity index (χ1) is 8.70. The van der Waals surface area contributed by atoms with E-state index in [1.807, 2.05) is 12.1 Å². The number of methoxy groups -OCH3 is 1. The van der Waals surface area contributed by atoms with E-state index >= 15 is 0 Å². The molecule has 1 aromatic rings. The summed E-state index contributed by atoms with van der Waals surface area (Å²) in [6, 6.07) is 4.00. The lowest BCUT2D eigenvalue weighted by atomic mass is 10.0. The molecule has 4 heteroatoms. The molecule has 1 heterocycles. The summed E-state index contributed by atoms with van der Waals surface area (Å²) in [4.78, 5) is 0. The zero-order chi connectivity index (χ0) is 13.0. The predicted molar refractivity (Wildman–Crippen MR) is 73.7 cm³/mol. The fourth-order valence-electron chi connectivity index (χ4n) is 2.24.